The first-order chi connectivity index (χ1) is 16.4. The normalized spacial score (nSPS) is 12.8. The lowest BCUT2D eigenvalue weighted by Crippen LogP contribution is -2.30. The van der Waals surface area contributed by atoms with Crippen LogP contribution in [-0.4, -0.2) is 49.3 Å². The highest BCUT2D eigenvalue weighted by Crippen LogP contribution is 2.35. The molecule has 1 atom stereocenters. The van der Waals surface area contributed by atoms with Crippen molar-refractivity contribution in [1.29, 1.82) is 0 Å². The summed E-state index contributed by atoms with van der Waals surface area (Å²) in [6, 6.07) is 25.9. The maximum absolute atomic E-state index is 11.3. The van der Waals surface area contributed by atoms with Gasteiger partial charge in [-0.1, -0.05) is 61.5 Å². The molecular weight excluding hydrogens is 426 g/mol. The number of aliphatic hydroxyl groups is 1. The number of carbonyl (C=O) groups is 1. The number of esters is 1. The number of allylic oxidation sites excluding steroid dienone is 1. The molecule has 5 heteroatoms. The van der Waals surface area contributed by atoms with Gasteiger partial charge in [0.05, 0.1) is 0 Å². The quantitative estimate of drug-likeness (QED) is 0.254. The van der Waals surface area contributed by atoms with Gasteiger partial charge in [-0.3, -0.25) is 4.79 Å². The molecule has 0 fully saturated rings. The third-order valence-corrected chi connectivity index (χ3v) is 5.34. The van der Waals surface area contributed by atoms with Crippen LogP contribution in [0.4, 0.5) is 0 Å². The summed E-state index contributed by atoms with van der Waals surface area (Å²) in [6.07, 6.45) is 0.297. The Morgan fingerprint density at radius 1 is 0.853 bits per heavy atom. The average molecular weight is 460 g/mol. The fourth-order valence-corrected chi connectivity index (χ4v) is 3.92. The van der Waals surface area contributed by atoms with Gasteiger partial charge in [-0.15, -0.1) is 0 Å². The number of hydrogen-bond acceptors (Lipinski definition) is 5. The Balaban J connectivity index is 1.96. The molecule has 0 radical (unpaired) electrons. The molecule has 0 saturated carbocycles. The minimum Gasteiger partial charge on any atom is -0.491 e. The molecule has 1 unspecified atom stereocenters. The second-order valence-electron chi connectivity index (χ2n) is 8.44. The van der Waals surface area contributed by atoms with Crippen LogP contribution >= 0.6 is 0 Å². The molecule has 0 heterocycles. The SMILES string of the molecule is CC/C(=C(/c1ccc(OCC(O)CN(C)C)cc1)c1ccc(OC(C)=O)cc1)c1ccccc1. The van der Waals surface area contributed by atoms with Gasteiger partial charge in [0.2, 0.25) is 0 Å². The minimum absolute atomic E-state index is 0.238. The molecule has 0 aliphatic heterocycles. The van der Waals surface area contributed by atoms with Crippen molar-refractivity contribution in [3.63, 3.8) is 0 Å². The predicted octanol–water partition coefficient (Wildman–Crippen LogP) is 5.28. The van der Waals surface area contributed by atoms with Gasteiger partial charge in [0, 0.05) is 13.5 Å². The van der Waals surface area contributed by atoms with Gasteiger partial charge in [-0.2, -0.15) is 0 Å². The van der Waals surface area contributed by atoms with Gasteiger partial charge in [0.15, 0.2) is 0 Å². The van der Waals surface area contributed by atoms with Crippen LogP contribution in [0.1, 0.15) is 37.0 Å². The first-order valence-corrected chi connectivity index (χ1v) is 11.5. The lowest BCUT2D eigenvalue weighted by atomic mass is 9.88. The van der Waals surface area contributed by atoms with Crippen LogP contribution in [0.5, 0.6) is 11.5 Å². The Morgan fingerprint density at radius 2 is 1.41 bits per heavy atom. The van der Waals surface area contributed by atoms with Crippen molar-refractivity contribution < 1.29 is 19.4 Å². The Bertz CT molecular complexity index is 1090. The summed E-state index contributed by atoms with van der Waals surface area (Å²) in [5.74, 6) is 0.894. The maximum atomic E-state index is 11.3. The first kappa shape index (κ1) is 25.2. The van der Waals surface area contributed by atoms with Crippen molar-refractivity contribution in [2.24, 2.45) is 0 Å². The van der Waals surface area contributed by atoms with Gasteiger partial charge in [0.1, 0.15) is 24.2 Å². The number of aliphatic hydroxyl groups excluding tert-OH is 1. The second-order valence-corrected chi connectivity index (χ2v) is 8.44. The highest BCUT2D eigenvalue weighted by atomic mass is 16.5. The zero-order valence-corrected chi connectivity index (χ0v) is 20.3. The van der Waals surface area contributed by atoms with Gasteiger partial charge in [-0.25, -0.2) is 0 Å². The van der Waals surface area contributed by atoms with E-state index in [1.165, 1.54) is 12.5 Å². The summed E-state index contributed by atoms with van der Waals surface area (Å²) in [5, 5.41) is 10.1. The molecule has 0 aliphatic rings. The molecule has 0 aromatic heterocycles. The topological polar surface area (TPSA) is 59.0 Å². The fourth-order valence-electron chi connectivity index (χ4n) is 3.92. The van der Waals surface area contributed by atoms with Crippen molar-refractivity contribution in [3.05, 3.63) is 95.6 Å². The third kappa shape index (κ3) is 7.04. The van der Waals surface area contributed by atoms with E-state index in [-0.39, 0.29) is 12.6 Å². The van der Waals surface area contributed by atoms with Gasteiger partial charge < -0.3 is 19.5 Å². The van der Waals surface area contributed by atoms with E-state index >= 15 is 0 Å². The number of nitrogens with zero attached hydrogens (tertiary/aromatic N) is 1. The molecule has 3 aromatic carbocycles. The third-order valence-electron chi connectivity index (χ3n) is 5.34. The molecule has 3 aromatic rings. The molecule has 178 valence electrons. The summed E-state index contributed by atoms with van der Waals surface area (Å²) in [4.78, 5) is 13.2. The smallest absolute Gasteiger partial charge is 0.308 e. The Hall–Kier alpha value is -3.41. The van der Waals surface area contributed by atoms with Crippen molar-refractivity contribution in [3.8, 4) is 11.5 Å². The predicted molar refractivity (Wildman–Crippen MR) is 137 cm³/mol. The molecule has 0 aliphatic carbocycles. The minimum atomic E-state index is -0.550. The van der Waals surface area contributed by atoms with Crippen LogP contribution in [0.3, 0.4) is 0 Å². The van der Waals surface area contributed by atoms with Crippen LogP contribution in [0.2, 0.25) is 0 Å². The summed E-state index contributed by atoms with van der Waals surface area (Å²) in [6.45, 7) is 4.33. The Labute approximate surface area is 202 Å². The van der Waals surface area contributed by atoms with Crippen LogP contribution in [0, 0.1) is 0 Å². The zero-order chi connectivity index (χ0) is 24.5. The largest absolute Gasteiger partial charge is 0.491 e. The number of hydrogen-bond donors (Lipinski definition) is 1. The van der Waals surface area contributed by atoms with Gasteiger partial charge >= 0.3 is 5.97 Å². The molecule has 0 bridgehead atoms. The molecule has 1 N–H and O–H groups in total. The van der Waals surface area contributed by atoms with E-state index in [1.54, 1.807) is 0 Å². The van der Waals surface area contributed by atoms with Gasteiger partial charge in [0.25, 0.3) is 0 Å². The number of ether oxygens (including phenoxy) is 2. The first-order valence-electron chi connectivity index (χ1n) is 11.5. The van der Waals surface area contributed by atoms with Crippen LogP contribution in [0.25, 0.3) is 11.1 Å². The number of carbonyl (C=O) groups excluding carboxylic acids is 1. The van der Waals surface area contributed by atoms with Crippen LogP contribution in [-0.2, 0) is 4.79 Å². The average Bonchev–Trinajstić information content (AvgIpc) is 2.82. The van der Waals surface area contributed by atoms with E-state index in [2.05, 4.69) is 19.1 Å². The van der Waals surface area contributed by atoms with Crippen LogP contribution < -0.4 is 9.47 Å². The molecular formula is C29H33NO4. The lowest BCUT2D eigenvalue weighted by Gasteiger charge is -2.18. The van der Waals surface area contributed by atoms with Crippen molar-refractivity contribution in [2.75, 3.05) is 27.2 Å². The standard InChI is InChI=1S/C29H33NO4/c1-5-28(22-9-7-6-8-10-22)29(24-13-17-27(18-14-24)34-21(2)31)23-11-15-26(16-12-23)33-20-25(32)19-30(3)4/h6-18,25,32H,5,19-20H2,1-4H3/b29-28+. The van der Waals surface area contributed by atoms with E-state index < -0.39 is 6.10 Å². The van der Waals surface area contributed by atoms with E-state index in [4.69, 9.17) is 9.47 Å². The van der Waals surface area contributed by atoms with E-state index in [0.29, 0.717) is 18.0 Å². The van der Waals surface area contributed by atoms with Gasteiger partial charge in [-0.05, 0) is 72.6 Å². The van der Waals surface area contributed by atoms with E-state index in [0.717, 1.165) is 28.7 Å². The van der Waals surface area contributed by atoms with Crippen molar-refractivity contribution >= 4 is 17.1 Å². The Morgan fingerprint density at radius 3 is 1.91 bits per heavy atom. The zero-order valence-electron chi connectivity index (χ0n) is 20.3. The molecule has 0 amide bonds. The van der Waals surface area contributed by atoms with E-state index in [1.807, 2.05) is 85.7 Å². The van der Waals surface area contributed by atoms with E-state index in [9.17, 15) is 9.90 Å². The maximum Gasteiger partial charge on any atom is 0.308 e. The van der Waals surface area contributed by atoms with Crippen LogP contribution in [0.15, 0.2) is 78.9 Å². The summed E-state index contributed by atoms with van der Waals surface area (Å²) in [5.41, 5.74) is 5.59. The Kier molecular flexibility index (Phi) is 9.02. The molecule has 5 nitrogen and oxygen atoms in total. The summed E-state index contributed by atoms with van der Waals surface area (Å²) < 4.78 is 11.0. The highest BCUT2D eigenvalue weighted by Gasteiger charge is 2.14. The number of benzene rings is 3. The second kappa shape index (κ2) is 12.2. The highest BCUT2D eigenvalue weighted by molar-refractivity contribution is 5.98. The number of likely N-dealkylation sites (N-methyl/N-ethyl adjacent to an activating group) is 1. The van der Waals surface area contributed by atoms with Crippen molar-refractivity contribution in [2.45, 2.75) is 26.4 Å². The number of rotatable bonds is 10. The molecule has 0 spiro atoms. The summed E-state index contributed by atoms with van der Waals surface area (Å²) in [7, 11) is 3.84. The fraction of sp³-hybridized carbons (Fsp3) is 0.276. The molecule has 34 heavy (non-hydrogen) atoms. The lowest BCUT2D eigenvalue weighted by molar-refractivity contribution is -0.131. The molecule has 0 saturated heterocycles. The summed E-state index contributed by atoms with van der Waals surface area (Å²) >= 11 is 0. The van der Waals surface area contributed by atoms with Crippen molar-refractivity contribution in [1.82, 2.24) is 4.90 Å². The monoisotopic (exact) mass is 459 g/mol. The molecule has 3 rings (SSSR count).